The van der Waals surface area contributed by atoms with Crippen LogP contribution in [0.25, 0.3) is 0 Å². The van der Waals surface area contributed by atoms with Gasteiger partial charge in [0.25, 0.3) is 0 Å². The minimum absolute atomic E-state index is 0.0694. The molecule has 2 aliphatic rings. The van der Waals surface area contributed by atoms with Crippen molar-refractivity contribution in [3.05, 3.63) is 29.3 Å². The van der Waals surface area contributed by atoms with E-state index in [0.717, 1.165) is 44.0 Å². The molecule has 0 aromatic heterocycles. The SMILES string of the molecule is COCc1cc(CN2C[C@@H]3CCOC[C@]3(CO)C2)ccc1OC. The largest absolute Gasteiger partial charge is 0.496 e. The molecule has 0 radical (unpaired) electrons. The number of nitrogens with zero attached hydrogens (tertiary/aromatic N) is 1. The first kappa shape index (κ1) is 16.7. The number of aliphatic hydroxyl groups is 1. The normalized spacial score (nSPS) is 27.9. The standard InChI is InChI=1S/C18H27NO4/c1-21-10-15-7-14(3-4-17(15)22-2)8-19-9-16-5-6-23-13-18(16,11-19)12-20/h3-4,7,16,20H,5-6,8-13H2,1-2H3/t16-,18+/m0/s1. The summed E-state index contributed by atoms with van der Waals surface area (Å²) in [5.74, 6) is 1.41. The zero-order valence-corrected chi connectivity index (χ0v) is 14.1. The number of methoxy groups -OCH3 is 2. The molecule has 2 saturated heterocycles. The number of rotatable bonds is 6. The Morgan fingerprint density at radius 1 is 1.39 bits per heavy atom. The van der Waals surface area contributed by atoms with Crippen LogP contribution in [0.4, 0.5) is 0 Å². The van der Waals surface area contributed by atoms with Crippen molar-refractivity contribution in [2.24, 2.45) is 11.3 Å². The minimum Gasteiger partial charge on any atom is -0.496 e. The van der Waals surface area contributed by atoms with E-state index in [9.17, 15) is 5.11 Å². The van der Waals surface area contributed by atoms with E-state index < -0.39 is 0 Å². The predicted octanol–water partition coefficient (Wildman–Crippen LogP) is 1.67. The third-order valence-electron chi connectivity index (χ3n) is 5.25. The van der Waals surface area contributed by atoms with Crippen LogP contribution in [0.5, 0.6) is 5.75 Å². The lowest BCUT2D eigenvalue weighted by molar-refractivity contribution is -0.0561. The van der Waals surface area contributed by atoms with E-state index in [-0.39, 0.29) is 12.0 Å². The van der Waals surface area contributed by atoms with E-state index in [2.05, 4.69) is 17.0 Å². The van der Waals surface area contributed by atoms with Crippen LogP contribution >= 0.6 is 0 Å². The lowest BCUT2D eigenvalue weighted by atomic mass is 9.76. The molecule has 23 heavy (non-hydrogen) atoms. The second-order valence-corrected chi connectivity index (χ2v) is 6.81. The van der Waals surface area contributed by atoms with Gasteiger partial charge < -0.3 is 19.3 Å². The number of benzene rings is 1. The van der Waals surface area contributed by atoms with E-state index in [1.807, 2.05) is 6.07 Å². The number of hydrogen-bond acceptors (Lipinski definition) is 5. The van der Waals surface area contributed by atoms with Crippen LogP contribution in [0.1, 0.15) is 17.5 Å². The monoisotopic (exact) mass is 321 g/mol. The molecular formula is C18H27NO4. The Kier molecular flexibility index (Phi) is 5.21. The summed E-state index contributed by atoms with van der Waals surface area (Å²) in [7, 11) is 3.38. The van der Waals surface area contributed by atoms with Gasteiger partial charge in [-0.05, 0) is 30.0 Å². The van der Waals surface area contributed by atoms with Gasteiger partial charge in [0.15, 0.2) is 0 Å². The first-order chi connectivity index (χ1) is 11.2. The van der Waals surface area contributed by atoms with Gasteiger partial charge in [0, 0.05) is 44.3 Å². The van der Waals surface area contributed by atoms with Gasteiger partial charge in [-0.3, -0.25) is 4.90 Å². The molecule has 0 spiro atoms. The van der Waals surface area contributed by atoms with E-state index in [4.69, 9.17) is 14.2 Å². The van der Waals surface area contributed by atoms with Crippen LogP contribution in [-0.4, -0.2) is 57.1 Å². The number of ether oxygens (including phenoxy) is 3. The van der Waals surface area contributed by atoms with Crippen LogP contribution in [0.15, 0.2) is 18.2 Å². The predicted molar refractivity (Wildman–Crippen MR) is 87.4 cm³/mol. The smallest absolute Gasteiger partial charge is 0.124 e. The molecule has 0 saturated carbocycles. The summed E-state index contributed by atoms with van der Waals surface area (Å²) in [6.07, 6.45) is 1.05. The summed E-state index contributed by atoms with van der Waals surface area (Å²) in [4.78, 5) is 2.44. The molecule has 128 valence electrons. The van der Waals surface area contributed by atoms with Crippen LogP contribution in [0.3, 0.4) is 0 Å². The second kappa shape index (κ2) is 7.18. The first-order valence-electron chi connectivity index (χ1n) is 8.26. The van der Waals surface area contributed by atoms with E-state index >= 15 is 0 Å². The fourth-order valence-corrected chi connectivity index (χ4v) is 4.01. The Labute approximate surface area is 138 Å². The van der Waals surface area contributed by atoms with Gasteiger partial charge in [-0.25, -0.2) is 0 Å². The number of fused-ring (bicyclic) bond motifs is 1. The molecule has 2 fully saturated rings. The van der Waals surface area contributed by atoms with Crippen molar-refractivity contribution in [3.63, 3.8) is 0 Å². The van der Waals surface area contributed by atoms with Gasteiger partial charge >= 0.3 is 0 Å². The van der Waals surface area contributed by atoms with Gasteiger partial charge in [-0.2, -0.15) is 0 Å². The molecule has 0 unspecified atom stereocenters. The summed E-state index contributed by atoms with van der Waals surface area (Å²) in [6.45, 7) is 5.09. The van der Waals surface area contributed by atoms with Crippen LogP contribution in [0.2, 0.25) is 0 Å². The molecule has 0 bridgehead atoms. The van der Waals surface area contributed by atoms with Crippen LogP contribution < -0.4 is 4.74 Å². The molecule has 2 heterocycles. The van der Waals surface area contributed by atoms with Crippen molar-refractivity contribution in [2.45, 2.75) is 19.6 Å². The maximum absolute atomic E-state index is 9.88. The molecule has 5 nitrogen and oxygen atoms in total. The quantitative estimate of drug-likeness (QED) is 0.864. The maximum Gasteiger partial charge on any atom is 0.124 e. The number of likely N-dealkylation sites (tertiary alicyclic amines) is 1. The molecule has 1 N–H and O–H groups in total. The zero-order chi connectivity index (χ0) is 16.3. The molecule has 5 heteroatoms. The Balaban J connectivity index is 1.71. The van der Waals surface area contributed by atoms with E-state index in [1.165, 1.54) is 5.56 Å². The third-order valence-corrected chi connectivity index (χ3v) is 5.25. The third kappa shape index (κ3) is 3.38. The summed E-state index contributed by atoms with van der Waals surface area (Å²) in [6, 6.07) is 6.28. The minimum atomic E-state index is -0.0694. The molecule has 1 aromatic carbocycles. The molecule has 3 rings (SSSR count). The topological polar surface area (TPSA) is 51.2 Å². The highest BCUT2D eigenvalue weighted by Crippen LogP contribution is 2.41. The van der Waals surface area contributed by atoms with Gasteiger partial charge in [0.1, 0.15) is 5.75 Å². The maximum atomic E-state index is 9.88. The molecule has 0 aliphatic carbocycles. The Morgan fingerprint density at radius 2 is 2.26 bits per heavy atom. The fraction of sp³-hybridized carbons (Fsp3) is 0.667. The summed E-state index contributed by atoms with van der Waals surface area (Å²) >= 11 is 0. The lowest BCUT2D eigenvalue weighted by Gasteiger charge is -2.36. The highest BCUT2D eigenvalue weighted by atomic mass is 16.5. The molecule has 2 aliphatic heterocycles. The fourth-order valence-electron chi connectivity index (χ4n) is 4.01. The first-order valence-corrected chi connectivity index (χ1v) is 8.26. The second-order valence-electron chi connectivity index (χ2n) is 6.81. The number of aliphatic hydroxyl groups excluding tert-OH is 1. The molecule has 2 atom stereocenters. The highest BCUT2D eigenvalue weighted by molar-refractivity contribution is 5.37. The Morgan fingerprint density at radius 3 is 2.96 bits per heavy atom. The Hall–Kier alpha value is -1.14. The highest BCUT2D eigenvalue weighted by Gasteiger charge is 2.47. The van der Waals surface area contributed by atoms with Crippen molar-refractivity contribution in [1.29, 1.82) is 0 Å². The van der Waals surface area contributed by atoms with Gasteiger partial charge in [-0.1, -0.05) is 6.07 Å². The molecular weight excluding hydrogens is 294 g/mol. The Bertz CT molecular complexity index is 536. The lowest BCUT2D eigenvalue weighted by Crippen LogP contribution is -2.42. The van der Waals surface area contributed by atoms with E-state index in [1.54, 1.807) is 14.2 Å². The van der Waals surface area contributed by atoms with Gasteiger partial charge in [0.05, 0.1) is 26.9 Å². The van der Waals surface area contributed by atoms with Gasteiger partial charge in [0.2, 0.25) is 0 Å². The van der Waals surface area contributed by atoms with Crippen molar-refractivity contribution < 1.29 is 19.3 Å². The summed E-state index contributed by atoms with van der Waals surface area (Å²) in [5, 5.41) is 9.88. The average molecular weight is 321 g/mol. The summed E-state index contributed by atoms with van der Waals surface area (Å²) < 4.78 is 16.3. The summed E-state index contributed by atoms with van der Waals surface area (Å²) in [5.41, 5.74) is 2.26. The van der Waals surface area contributed by atoms with Crippen LogP contribution in [0, 0.1) is 11.3 Å². The van der Waals surface area contributed by atoms with E-state index in [0.29, 0.717) is 19.1 Å². The molecule has 0 amide bonds. The van der Waals surface area contributed by atoms with Crippen molar-refractivity contribution in [1.82, 2.24) is 4.90 Å². The molecule has 1 aromatic rings. The van der Waals surface area contributed by atoms with Crippen molar-refractivity contribution in [3.8, 4) is 5.75 Å². The van der Waals surface area contributed by atoms with Gasteiger partial charge in [-0.15, -0.1) is 0 Å². The van der Waals surface area contributed by atoms with Crippen molar-refractivity contribution in [2.75, 3.05) is 47.1 Å². The average Bonchev–Trinajstić information content (AvgIpc) is 2.94. The number of hydrogen-bond donors (Lipinski definition) is 1. The van der Waals surface area contributed by atoms with Crippen LogP contribution in [-0.2, 0) is 22.6 Å². The zero-order valence-electron chi connectivity index (χ0n) is 14.1. The van der Waals surface area contributed by atoms with Crippen molar-refractivity contribution >= 4 is 0 Å².